The number of fused-ring (bicyclic) bond motifs is 2. The molecule has 0 aliphatic carbocycles. The minimum atomic E-state index is -1.69. The van der Waals surface area contributed by atoms with Crippen molar-refractivity contribution in [3.05, 3.63) is 58.6 Å². The highest BCUT2D eigenvalue weighted by Crippen LogP contribution is 2.46. The summed E-state index contributed by atoms with van der Waals surface area (Å²) in [6.07, 6.45) is 1.15. The van der Waals surface area contributed by atoms with Crippen molar-refractivity contribution in [3.63, 3.8) is 0 Å². The summed E-state index contributed by atoms with van der Waals surface area (Å²) in [4.78, 5) is 27.4. The third-order valence-electron chi connectivity index (χ3n) is 6.46. The van der Waals surface area contributed by atoms with Gasteiger partial charge in [0.15, 0.2) is 11.5 Å². The standard InChI is InChI=1S/C22H24F2N2O5/c1-2-22-6-3-7-31-16(22)11-26-10-14(18(27)19(28)17(26)20(22)29)21(30)25-9-12-4-5-13(23)8-15(12)24/h4-5,8,10,16,18,27-28H,2-3,6-7,9,11H2,1H3,(H,25,30)/t16-,18?,22+/m1/s1. The van der Waals surface area contributed by atoms with Gasteiger partial charge in [-0.15, -0.1) is 0 Å². The van der Waals surface area contributed by atoms with Crippen LogP contribution < -0.4 is 5.32 Å². The van der Waals surface area contributed by atoms with Crippen molar-refractivity contribution in [2.75, 3.05) is 13.2 Å². The van der Waals surface area contributed by atoms with E-state index < -0.39 is 34.8 Å². The van der Waals surface area contributed by atoms with Crippen LogP contribution in [0.15, 0.2) is 41.4 Å². The Morgan fingerprint density at radius 3 is 2.87 bits per heavy atom. The molecule has 9 heteroatoms. The summed E-state index contributed by atoms with van der Waals surface area (Å²) in [7, 11) is 0. The maximum atomic E-state index is 13.8. The molecule has 166 valence electrons. The second-order valence-electron chi connectivity index (χ2n) is 8.09. The second kappa shape index (κ2) is 8.05. The quantitative estimate of drug-likeness (QED) is 0.671. The van der Waals surface area contributed by atoms with Gasteiger partial charge in [0.2, 0.25) is 0 Å². The lowest BCUT2D eigenvalue weighted by molar-refractivity contribution is -0.155. The predicted molar refractivity (Wildman–Crippen MR) is 105 cm³/mol. The van der Waals surface area contributed by atoms with Gasteiger partial charge >= 0.3 is 0 Å². The number of nitrogens with one attached hydrogen (secondary N) is 1. The maximum absolute atomic E-state index is 13.8. The number of benzene rings is 1. The fourth-order valence-electron chi connectivity index (χ4n) is 4.64. The zero-order valence-corrected chi connectivity index (χ0v) is 17.0. The van der Waals surface area contributed by atoms with Crippen LogP contribution in [0.25, 0.3) is 0 Å². The number of hydrogen-bond acceptors (Lipinski definition) is 6. The second-order valence-corrected chi connectivity index (χ2v) is 8.09. The van der Waals surface area contributed by atoms with Crippen LogP contribution in [-0.4, -0.2) is 52.2 Å². The van der Waals surface area contributed by atoms with Crippen LogP contribution in [0.2, 0.25) is 0 Å². The molecule has 0 spiro atoms. The zero-order valence-electron chi connectivity index (χ0n) is 17.0. The van der Waals surface area contributed by atoms with Crippen molar-refractivity contribution in [1.82, 2.24) is 10.2 Å². The van der Waals surface area contributed by atoms with Crippen molar-refractivity contribution in [1.29, 1.82) is 0 Å². The minimum absolute atomic E-state index is 0.0165. The van der Waals surface area contributed by atoms with E-state index in [9.17, 15) is 28.6 Å². The van der Waals surface area contributed by atoms with Crippen molar-refractivity contribution >= 4 is 11.7 Å². The molecule has 1 unspecified atom stereocenters. The van der Waals surface area contributed by atoms with Crippen LogP contribution in [0.3, 0.4) is 0 Å². The number of Topliss-reactive ketones (excluding diaryl/α,β-unsaturated/α-hetero) is 1. The van der Waals surface area contributed by atoms with Crippen LogP contribution in [0.1, 0.15) is 31.7 Å². The molecule has 3 atom stereocenters. The highest BCUT2D eigenvalue weighted by Gasteiger charge is 2.54. The number of ether oxygens (including phenoxy) is 1. The van der Waals surface area contributed by atoms with Gasteiger partial charge in [0.25, 0.3) is 5.91 Å². The Hall–Kier alpha value is -2.78. The number of carbonyl (C=O) groups excluding carboxylic acids is 2. The van der Waals surface area contributed by atoms with Gasteiger partial charge in [0.05, 0.1) is 23.6 Å². The number of piperidine rings is 1. The summed E-state index contributed by atoms with van der Waals surface area (Å²) in [6.45, 7) is 2.45. The van der Waals surface area contributed by atoms with Crippen molar-refractivity contribution < 1.29 is 33.3 Å². The summed E-state index contributed by atoms with van der Waals surface area (Å²) < 4.78 is 32.7. The van der Waals surface area contributed by atoms with E-state index in [0.29, 0.717) is 25.5 Å². The number of amides is 1. The molecule has 0 saturated carbocycles. The molecule has 1 amide bonds. The average molecular weight is 434 g/mol. The van der Waals surface area contributed by atoms with Gasteiger partial charge in [-0.2, -0.15) is 0 Å². The molecule has 2 fully saturated rings. The highest BCUT2D eigenvalue weighted by atomic mass is 19.1. The van der Waals surface area contributed by atoms with Gasteiger partial charge in [-0.25, -0.2) is 8.78 Å². The van der Waals surface area contributed by atoms with Crippen LogP contribution in [0.5, 0.6) is 0 Å². The molecule has 0 radical (unpaired) electrons. The van der Waals surface area contributed by atoms with E-state index in [1.54, 1.807) is 0 Å². The molecule has 7 nitrogen and oxygen atoms in total. The summed E-state index contributed by atoms with van der Waals surface area (Å²) in [5, 5.41) is 23.6. The Balaban J connectivity index is 1.57. The first-order chi connectivity index (χ1) is 14.8. The average Bonchev–Trinajstić information content (AvgIpc) is 2.75. The van der Waals surface area contributed by atoms with Gasteiger partial charge in [0, 0.05) is 31.0 Å². The number of aliphatic hydroxyl groups is 2. The molecule has 2 saturated heterocycles. The number of aliphatic hydroxyl groups excluding tert-OH is 2. The molecule has 3 aliphatic heterocycles. The SMILES string of the molecule is CC[C@]12CCCO[C@@H]1CN1C=C(C(=O)NCc3ccc(F)cc3F)C(O)C(O)=C1C2=O. The van der Waals surface area contributed by atoms with Crippen LogP contribution in [0.4, 0.5) is 8.78 Å². The topological polar surface area (TPSA) is 99.1 Å². The molecule has 4 rings (SSSR count). The molecule has 31 heavy (non-hydrogen) atoms. The Labute approximate surface area is 178 Å². The molecule has 3 aliphatic rings. The first-order valence-corrected chi connectivity index (χ1v) is 10.3. The van der Waals surface area contributed by atoms with Crippen LogP contribution in [0, 0.1) is 17.0 Å². The first kappa shape index (κ1) is 21.5. The first-order valence-electron chi connectivity index (χ1n) is 10.3. The number of rotatable bonds is 4. The maximum Gasteiger partial charge on any atom is 0.252 e. The monoisotopic (exact) mass is 434 g/mol. The van der Waals surface area contributed by atoms with E-state index in [1.165, 1.54) is 17.2 Å². The van der Waals surface area contributed by atoms with Crippen molar-refractivity contribution in [2.45, 2.75) is 44.9 Å². The molecule has 1 aromatic rings. The van der Waals surface area contributed by atoms with E-state index in [-0.39, 0.29) is 41.8 Å². The number of hydrogen-bond donors (Lipinski definition) is 3. The van der Waals surface area contributed by atoms with Crippen LogP contribution in [-0.2, 0) is 20.9 Å². The van der Waals surface area contributed by atoms with E-state index in [2.05, 4.69) is 5.32 Å². The number of allylic oxidation sites excluding steroid dienone is 1. The highest BCUT2D eigenvalue weighted by molar-refractivity contribution is 6.03. The Bertz CT molecular complexity index is 992. The van der Waals surface area contributed by atoms with E-state index >= 15 is 0 Å². The van der Waals surface area contributed by atoms with Gasteiger partial charge in [0.1, 0.15) is 23.4 Å². The summed E-state index contributed by atoms with van der Waals surface area (Å²) in [5.41, 5.74) is -0.892. The number of nitrogens with zero attached hydrogens (tertiary/aromatic N) is 1. The van der Waals surface area contributed by atoms with E-state index in [1.807, 2.05) is 6.92 Å². The lowest BCUT2D eigenvalue weighted by atomic mass is 9.67. The molecule has 3 heterocycles. The van der Waals surface area contributed by atoms with E-state index in [0.717, 1.165) is 12.5 Å². The minimum Gasteiger partial charge on any atom is -0.507 e. The molecule has 0 bridgehead atoms. The molecular weight excluding hydrogens is 410 g/mol. The number of ketones is 1. The van der Waals surface area contributed by atoms with E-state index in [4.69, 9.17) is 4.74 Å². The third kappa shape index (κ3) is 3.51. The fourth-order valence-corrected chi connectivity index (χ4v) is 4.64. The Morgan fingerprint density at radius 2 is 2.16 bits per heavy atom. The predicted octanol–water partition coefficient (Wildman–Crippen LogP) is 2.07. The summed E-state index contributed by atoms with van der Waals surface area (Å²) in [5.74, 6) is -3.17. The van der Waals surface area contributed by atoms with Gasteiger partial charge in [-0.05, 0) is 25.3 Å². The summed E-state index contributed by atoms with van der Waals surface area (Å²) in [6, 6.07) is 2.99. The van der Waals surface area contributed by atoms with Crippen molar-refractivity contribution in [2.24, 2.45) is 5.41 Å². The normalized spacial score (nSPS) is 28.1. The molecular formula is C22H24F2N2O5. The van der Waals surface area contributed by atoms with Gasteiger partial charge in [-0.1, -0.05) is 13.0 Å². The molecule has 3 N–H and O–H groups in total. The third-order valence-corrected chi connectivity index (χ3v) is 6.46. The fraction of sp³-hybridized carbons (Fsp3) is 0.455. The summed E-state index contributed by atoms with van der Waals surface area (Å²) >= 11 is 0. The largest absolute Gasteiger partial charge is 0.507 e. The molecule has 0 aromatic heterocycles. The lowest BCUT2D eigenvalue weighted by Gasteiger charge is -2.50. The Kier molecular flexibility index (Phi) is 5.57. The number of halogens is 2. The van der Waals surface area contributed by atoms with Gasteiger partial charge < -0.3 is 25.2 Å². The zero-order chi connectivity index (χ0) is 22.3. The van der Waals surface area contributed by atoms with Gasteiger partial charge in [-0.3, -0.25) is 9.59 Å². The van der Waals surface area contributed by atoms with Crippen molar-refractivity contribution in [3.8, 4) is 0 Å². The lowest BCUT2D eigenvalue weighted by Crippen LogP contribution is -2.59. The Morgan fingerprint density at radius 1 is 1.39 bits per heavy atom. The number of carbonyl (C=O) groups is 2. The van der Waals surface area contributed by atoms with Crippen LogP contribution >= 0.6 is 0 Å². The smallest absolute Gasteiger partial charge is 0.252 e. The molecule has 1 aromatic carbocycles.